The number of hydrogen-bond donors (Lipinski definition) is 1. The molecule has 2 unspecified atom stereocenters. The Labute approximate surface area is 116 Å². The van der Waals surface area contributed by atoms with Crippen LogP contribution in [0.25, 0.3) is 0 Å². The van der Waals surface area contributed by atoms with Gasteiger partial charge in [0, 0.05) is 34.7 Å². The maximum Gasteiger partial charge on any atom is 0.0515 e. The zero-order valence-electron chi connectivity index (χ0n) is 10.2. The lowest BCUT2D eigenvalue weighted by atomic mass is 10.1. The summed E-state index contributed by atoms with van der Waals surface area (Å²) in [6, 6.07) is 7.12. The number of nitrogens with one attached hydrogen (secondary N) is 1. The maximum atomic E-state index is 5.99. The molecular formula is C13H18BrClN2. The number of rotatable bonds is 2. The van der Waals surface area contributed by atoms with Gasteiger partial charge in [-0.05, 0) is 47.5 Å². The highest BCUT2D eigenvalue weighted by Gasteiger charge is 2.25. The van der Waals surface area contributed by atoms with Gasteiger partial charge in [-0.1, -0.05) is 18.5 Å². The topological polar surface area (TPSA) is 15.3 Å². The van der Waals surface area contributed by atoms with E-state index in [1.54, 1.807) is 0 Å². The van der Waals surface area contributed by atoms with Crippen molar-refractivity contribution in [3.63, 3.8) is 0 Å². The Morgan fingerprint density at radius 1 is 1.53 bits per heavy atom. The van der Waals surface area contributed by atoms with E-state index < -0.39 is 0 Å². The van der Waals surface area contributed by atoms with E-state index in [1.807, 2.05) is 12.1 Å². The number of anilines is 1. The first kappa shape index (κ1) is 13.2. The van der Waals surface area contributed by atoms with Crippen LogP contribution in [0.3, 0.4) is 0 Å². The number of benzene rings is 1. The highest BCUT2D eigenvalue weighted by Crippen LogP contribution is 2.31. The smallest absolute Gasteiger partial charge is 0.0515 e. The van der Waals surface area contributed by atoms with Gasteiger partial charge >= 0.3 is 0 Å². The lowest BCUT2D eigenvalue weighted by Gasteiger charge is -2.41. The van der Waals surface area contributed by atoms with E-state index in [-0.39, 0.29) is 0 Å². The maximum absolute atomic E-state index is 5.99. The second-order valence-electron chi connectivity index (χ2n) is 4.62. The molecular weight excluding hydrogens is 300 g/mol. The van der Waals surface area contributed by atoms with Crippen LogP contribution in [0.5, 0.6) is 0 Å². The first-order valence-corrected chi connectivity index (χ1v) is 7.24. The molecule has 1 N–H and O–H groups in total. The van der Waals surface area contributed by atoms with Crippen molar-refractivity contribution < 1.29 is 0 Å². The van der Waals surface area contributed by atoms with Crippen molar-refractivity contribution in [1.82, 2.24) is 5.32 Å². The minimum atomic E-state index is 0.528. The van der Waals surface area contributed by atoms with E-state index in [9.17, 15) is 0 Å². The molecule has 0 radical (unpaired) electrons. The van der Waals surface area contributed by atoms with E-state index in [2.05, 4.69) is 46.1 Å². The Bertz CT molecular complexity index is 397. The van der Waals surface area contributed by atoms with Crippen molar-refractivity contribution >= 4 is 33.2 Å². The van der Waals surface area contributed by atoms with Gasteiger partial charge in [0.2, 0.25) is 0 Å². The second-order valence-corrected chi connectivity index (χ2v) is 5.91. The molecule has 4 heteroatoms. The van der Waals surface area contributed by atoms with Gasteiger partial charge in [0.05, 0.1) is 5.69 Å². The zero-order valence-corrected chi connectivity index (χ0v) is 12.6. The minimum Gasteiger partial charge on any atom is -0.365 e. The third-order valence-corrected chi connectivity index (χ3v) is 4.17. The number of nitrogens with zero attached hydrogens (tertiary/aromatic N) is 1. The van der Waals surface area contributed by atoms with Gasteiger partial charge in [-0.25, -0.2) is 0 Å². The molecule has 94 valence electrons. The summed E-state index contributed by atoms with van der Waals surface area (Å²) in [6.45, 7) is 6.55. The fourth-order valence-corrected chi connectivity index (χ4v) is 3.24. The lowest BCUT2D eigenvalue weighted by Crippen LogP contribution is -2.55. The molecule has 1 fully saturated rings. The summed E-state index contributed by atoms with van der Waals surface area (Å²) in [7, 11) is 0. The van der Waals surface area contributed by atoms with Crippen LogP contribution in [-0.4, -0.2) is 25.2 Å². The molecule has 0 aliphatic carbocycles. The van der Waals surface area contributed by atoms with Crippen LogP contribution in [-0.2, 0) is 0 Å². The number of halogens is 2. The van der Waals surface area contributed by atoms with E-state index >= 15 is 0 Å². The summed E-state index contributed by atoms with van der Waals surface area (Å²) in [4.78, 5) is 2.47. The zero-order chi connectivity index (χ0) is 12.4. The molecule has 1 aliphatic rings. The van der Waals surface area contributed by atoms with Crippen molar-refractivity contribution in [2.75, 3.05) is 18.0 Å². The lowest BCUT2D eigenvalue weighted by molar-refractivity contribution is 0.402. The Balaban J connectivity index is 2.28. The predicted molar refractivity (Wildman–Crippen MR) is 78.0 cm³/mol. The van der Waals surface area contributed by atoms with E-state index in [1.165, 1.54) is 5.69 Å². The van der Waals surface area contributed by atoms with Gasteiger partial charge in [-0.15, -0.1) is 0 Å². The number of hydrogen-bond acceptors (Lipinski definition) is 2. The quantitative estimate of drug-likeness (QED) is 0.895. The fraction of sp³-hybridized carbons (Fsp3) is 0.538. The molecule has 0 amide bonds. The summed E-state index contributed by atoms with van der Waals surface area (Å²) in [5.74, 6) is 0. The third kappa shape index (κ3) is 2.95. The van der Waals surface area contributed by atoms with Gasteiger partial charge in [-0.2, -0.15) is 0 Å². The first-order chi connectivity index (χ1) is 8.11. The van der Waals surface area contributed by atoms with Gasteiger partial charge in [0.15, 0.2) is 0 Å². The van der Waals surface area contributed by atoms with Crippen LogP contribution in [0.1, 0.15) is 20.3 Å². The van der Waals surface area contributed by atoms with Crippen molar-refractivity contribution in [3.05, 3.63) is 27.7 Å². The van der Waals surface area contributed by atoms with E-state index in [0.29, 0.717) is 12.1 Å². The molecule has 0 saturated carbocycles. The molecule has 2 nitrogen and oxygen atoms in total. The molecule has 17 heavy (non-hydrogen) atoms. The molecule has 1 aliphatic heterocycles. The van der Waals surface area contributed by atoms with Crippen LogP contribution in [0, 0.1) is 0 Å². The van der Waals surface area contributed by atoms with Gasteiger partial charge in [0.25, 0.3) is 0 Å². The van der Waals surface area contributed by atoms with Crippen LogP contribution >= 0.6 is 27.5 Å². The Morgan fingerprint density at radius 2 is 2.29 bits per heavy atom. The van der Waals surface area contributed by atoms with E-state index in [0.717, 1.165) is 29.0 Å². The standard InChI is InChI=1S/C13H18BrClN2/c1-3-11-7-16-9(2)8-17(11)13-5-4-10(15)6-12(13)14/h4-6,9,11,16H,3,7-8H2,1-2H3. The Kier molecular flexibility index (Phi) is 4.34. The minimum absolute atomic E-state index is 0.528. The van der Waals surface area contributed by atoms with Crippen LogP contribution in [0.4, 0.5) is 5.69 Å². The highest BCUT2D eigenvalue weighted by atomic mass is 79.9. The summed E-state index contributed by atoms with van der Waals surface area (Å²) in [5.41, 5.74) is 1.25. The van der Waals surface area contributed by atoms with Crippen molar-refractivity contribution in [2.45, 2.75) is 32.4 Å². The van der Waals surface area contributed by atoms with Gasteiger partial charge in [0.1, 0.15) is 0 Å². The summed E-state index contributed by atoms with van der Waals surface area (Å²) in [6.07, 6.45) is 1.15. The van der Waals surface area contributed by atoms with E-state index in [4.69, 9.17) is 11.6 Å². The summed E-state index contributed by atoms with van der Waals surface area (Å²) in [5, 5.41) is 4.31. The molecule has 2 rings (SSSR count). The summed E-state index contributed by atoms with van der Waals surface area (Å²) < 4.78 is 1.08. The Hall–Kier alpha value is -0.250. The molecule has 0 aromatic heterocycles. The average Bonchev–Trinajstić information content (AvgIpc) is 2.29. The second kappa shape index (κ2) is 5.59. The SMILES string of the molecule is CCC1CNC(C)CN1c1ccc(Cl)cc1Br. The summed E-state index contributed by atoms with van der Waals surface area (Å²) >= 11 is 9.61. The number of piperazine rings is 1. The van der Waals surface area contributed by atoms with Crippen molar-refractivity contribution in [3.8, 4) is 0 Å². The normalized spacial score (nSPS) is 25.1. The largest absolute Gasteiger partial charge is 0.365 e. The van der Waals surface area contributed by atoms with Crippen molar-refractivity contribution in [2.24, 2.45) is 0 Å². The third-order valence-electron chi connectivity index (χ3n) is 3.30. The molecule has 1 aromatic carbocycles. The molecule has 0 spiro atoms. The monoisotopic (exact) mass is 316 g/mol. The molecule has 1 heterocycles. The van der Waals surface area contributed by atoms with Gasteiger partial charge < -0.3 is 10.2 Å². The first-order valence-electron chi connectivity index (χ1n) is 6.07. The van der Waals surface area contributed by atoms with Crippen LogP contribution in [0.15, 0.2) is 22.7 Å². The highest BCUT2D eigenvalue weighted by molar-refractivity contribution is 9.10. The fourth-order valence-electron chi connectivity index (χ4n) is 2.33. The molecule has 1 saturated heterocycles. The van der Waals surface area contributed by atoms with Crippen LogP contribution in [0.2, 0.25) is 5.02 Å². The van der Waals surface area contributed by atoms with Crippen LogP contribution < -0.4 is 10.2 Å². The molecule has 2 atom stereocenters. The average molecular weight is 318 g/mol. The molecule has 0 bridgehead atoms. The Morgan fingerprint density at radius 3 is 2.94 bits per heavy atom. The van der Waals surface area contributed by atoms with Crippen molar-refractivity contribution in [1.29, 1.82) is 0 Å². The predicted octanol–water partition coefficient (Wildman–Crippen LogP) is 3.68. The van der Waals surface area contributed by atoms with Gasteiger partial charge in [-0.3, -0.25) is 0 Å². The molecule has 1 aromatic rings.